The Hall–Kier alpha value is -1.51. The molecule has 1 aliphatic rings. The fraction of sp³-hybridized carbons (Fsp3) is 0.588. The summed E-state index contributed by atoms with van der Waals surface area (Å²) < 4.78 is 0. The van der Waals surface area contributed by atoms with Crippen LogP contribution >= 0.6 is 0 Å². The van der Waals surface area contributed by atoms with Gasteiger partial charge in [0.1, 0.15) is 0 Å². The maximum atomic E-state index is 12.4. The van der Waals surface area contributed by atoms with Crippen LogP contribution < -0.4 is 5.32 Å². The van der Waals surface area contributed by atoms with E-state index >= 15 is 0 Å². The molecule has 1 N–H and O–H groups in total. The fourth-order valence-electron chi connectivity index (χ4n) is 2.50. The smallest absolute Gasteiger partial charge is 0.253 e. The molecule has 1 amide bonds. The Labute approximate surface area is 122 Å². The molecule has 1 fully saturated rings. The monoisotopic (exact) mass is 274 g/mol. The number of hydrogen-bond acceptors (Lipinski definition) is 2. The summed E-state index contributed by atoms with van der Waals surface area (Å²) in [7, 11) is 0. The van der Waals surface area contributed by atoms with Crippen molar-refractivity contribution < 1.29 is 4.79 Å². The third-order valence-corrected chi connectivity index (χ3v) is 4.12. The number of piperidine rings is 1. The Morgan fingerprint density at radius 1 is 1.20 bits per heavy atom. The van der Waals surface area contributed by atoms with Gasteiger partial charge in [0.15, 0.2) is 0 Å². The SMILES string of the molecule is CCCNc1ccc(C(=O)N2CCC(C)(C)CC2)cc1. The molecule has 20 heavy (non-hydrogen) atoms. The van der Waals surface area contributed by atoms with E-state index in [0.717, 1.165) is 50.1 Å². The minimum atomic E-state index is 0.169. The number of anilines is 1. The van der Waals surface area contributed by atoms with Crippen molar-refractivity contribution in [2.45, 2.75) is 40.0 Å². The van der Waals surface area contributed by atoms with Gasteiger partial charge in [0.25, 0.3) is 5.91 Å². The predicted octanol–water partition coefficient (Wildman–Crippen LogP) is 3.77. The second kappa shape index (κ2) is 6.29. The van der Waals surface area contributed by atoms with Crippen molar-refractivity contribution in [3.05, 3.63) is 29.8 Å². The number of nitrogens with one attached hydrogen (secondary N) is 1. The lowest BCUT2D eigenvalue weighted by Crippen LogP contribution is -2.41. The Morgan fingerprint density at radius 3 is 2.35 bits per heavy atom. The van der Waals surface area contributed by atoms with Crippen LogP contribution in [0.4, 0.5) is 5.69 Å². The van der Waals surface area contributed by atoms with E-state index in [-0.39, 0.29) is 5.91 Å². The number of hydrogen-bond donors (Lipinski definition) is 1. The number of carbonyl (C=O) groups excluding carboxylic acids is 1. The van der Waals surface area contributed by atoms with Crippen molar-refractivity contribution in [3.8, 4) is 0 Å². The summed E-state index contributed by atoms with van der Waals surface area (Å²) in [5.74, 6) is 0.169. The third-order valence-electron chi connectivity index (χ3n) is 4.12. The Kier molecular flexibility index (Phi) is 4.69. The lowest BCUT2D eigenvalue weighted by molar-refractivity contribution is 0.0630. The highest BCUT2D eigenvalue weighted by Gasteiger charge is 2.28. The molecule has 0 aliphatic carbocycles. The molecule has 0 unspecified atom stereocenters. The highest BCUT2D eigenvalue weighted by molar-refractivity contribution is 5.94. The maximum absolute atomic E-state index is 12.4. The lowest BCUT2D eigenvalue weighted by Gasteiger charge is -2.37. The van der Waals surface area contributed by atoms with Gasteiger partial charge < -0.3 is 10.2 Å². The van der Waals surface area contributed by atoms with Gasteiger partial charge >= 0.3 is 0 Å². The van der Waals surface area contributed by atoms with Crippen LogP contribution in [0.25, 0.3) is 0 Å². The molecule has 0 spiro atoms. The number of rotatable bonds is 4. The normalized spacial score (nSPS) is 17.9. The first kappa shape index (κ1) is 14.9. The summed E-state index contributed by atoms with van der Waals surface area (Å²) in [5, 5.41) is 3.33. The molecular weight excluding hydrogens is 248 g/mol. The van der Waals surface area contributed by atoms with Gasteiger partial charge in [-0.05, 0) is 48.9 Å². The standard InChI is InChI=1S/C17H26N2O/c1-4-11-18-15-7-5-14(6-8-15)16(20)19-12-9-17(2,3)10-13-19/h5-8,18H,4,9-13H2,1-3H3. The van der Waals surface area contributed by atoms with Crippen LogP contribution in [0.2, 0.25) is 0 Å². The van der Waals surface area contributed by atoms with Crippen molar-refractivity contribution in [1.29, 1.82) is 0 Å². The summed E-state index contributed by atoms with van der Waals surface area (Å²) in [6.45, 7) is 9.42. The highest BCUT2D eigenvalue weighted by Crippen LogP contribution is 2.30. The molecule has 2 rings (SSSR count). The topological polar surface area (TPSA) is 32.3 Å². The number of benzene rings is 1. The van der Waals surface area contributed by atoms with Gasteiger partial charge in [-0.25, -0.2) is 0 Å². The van der Waals surface area contributed by atoms with E-state index in [1.54, 1.807) is 0 Å². The average molecular weight is 274 g/mol. The van der Waals surface area contributed by atoms with Gasteiger partial charge in [-0.15, -0.1) is 0 Å². The summed E-state index contributed by atoms with van der Waals surface area (Å²) in [4.78, 5) is 14.4. The number of carbonyl (C=O) groups is 1. The maximum Gasteiger partial charge on any atom is 0.253 e. The zero-order valence-corrected chi connectivity index (χ0v) is 12.9. The number of amides is 1. The van der Waals surface area contributed by atoms with Crippen LogP contribution in [0.15, 0.2) is 24.3 Å². The summed E-state index contributed by atoms with van der Waals surface area (Å²) >= 11 is 0. The van der Waals surface area contributed by atoms with Gasteiger partial charge in [0.05, 0.1) is 0 Å². The summed E-state index contributed by atoms with van der Waals surface area (Å²) in [6, 6.07) is 7.85. The molecule has 1 heterocycles. The van der Waals surface area contributed by atoms with Crippen LogP contribution in [0.5, 0.6) is 0 Å². The zero-order valence-electron chi connectivity index (χ0n) is 12.9. The molecule has 3 nitrogen and oxygen atoms in total. The van der Waals surface area contributed by atoms with Crippen molar-refractivity contribution >= 4 is 11.6 Å². The molecule has 110 valence electrons. The molecule has 0 saturated carbocycles. The van der Waals surface area contributed by atoms with Crippen LogP contribution in [-0.4, -0.2) is 30.4 Å². The Bertz CT molecular complexity index is 441. The van der Waals surface area contributed by atoms with E-state index < -0.39 is 0 Å². The first-order valence-electron chi connectivity index (χ1n) is 7.65. The molecule has 1 aromatic rings. The number of likely N-dealkylation sites (tertiary alicyclic amines) is 1. The first-order valence-corrected chi connectivity index (χ1v) is 7.65. The van der Waals surface area contributed by atoms with E-state index in [1.165, 1.54) is 0 Å². The van der Waals surface area contributed by atoms with Gasteiger partial charge in [0, 0.05) is 30.9 Å². The number of nitrogens with zero attached hydrogens (tertiary/aromatic N) is 1. The minimum absolute atomic E-state index is 0.169. The first-order chi connectivity index (χ1) is 9.52. The molecule has 0 aromatic heterocycles. The molecule has 3 heteroatoms. The van der Waals surface area contributed by atoms with E-state index in [0.29, 0.717) is 5.41 Å². The molecular formula is C17H26N2O. The Balaban J connectivity index is 1.96. The van der Waals surface area contributed by atoms with Crippen LogP contribution in [0.1, 0.15) is 50.4 Å². The summed E-state index contributed by atoms with van der Waals surface area (Å²) in [5.41, 5.74) is 2.26. The second-order valence-corrected chi connectivity index (χ2v) is 6.46. The van der Waals surface area contributed by atoms with E-state index in [4.69, 9.17) is 0 Å². The van der Waals surface area contributed by atoms with E-state index in [1.807, 2.05) is 29.2 Å². The highest BCUT2D eigenvalue weighted by atomic mass is 16.2. The van der Waals surface area contributed by atoms with Gasteiger partial charge in [-0.1, -0.05) is 20.8 Å². The molecule has 1 aromatic carbocycles. The average Bonchev–Trinajstić information content (AvgIpc) is 2.45. The molecule has 1 aliphatic heterocycles. The molecule has 0 bridgehead atoms. The summed E-state index contributed by atoms with van der Waals surface area (Å²) in [6.07, 6.45) is 3.29. The quantitative estimate of drug-likeness (QED) is 0.906. The predicted molar refractivity (Wildman–Crippen MR) is 84.1 cm³/mol. The second-order valence-electron chi connectivity index (χ2n) is 6.46. The van der Waals surface area contributed by atoms with Gasteiger partial charge in [0.2, 0.25) is 0 Å². The lowest BCUT2D eigenvalue weighted by atomic mass is 9.82. The van der Waals surface area contributed by atoms with Crippen molar-refractivity contribution in [1.82, 2.24) is 4.90 Å². The fourth-order valence-corrected chi connectivity index (χ4v) is 2.50. The van der Waals surface area contributed by atoms with Crippen molar-refractivity contribution in [3.63, 3.8) is 0 Å². The molecule has 0 radical (unpaired) electrons. The van der Waals surface area contributed by atoms with E-state index in [2.05, 4.69) is 26.1 Å². The largest absolute Gasteiger partial charge is 0.385 e. The van der Waals surface area contributed by atoms with Crippen LogP contribution in [0.3, 0.4) is 0 Å². The van der Waals surface area contributed by atoms with E-state index in [9.17, 15) is 4.79 Å². The van der Waals surface area contributed by atoms with Crippen molar-refractivity contribution in [2.75, 3.05) is 25.0 Å². The zero-order chi connectivity index (χ0) is 14.6. The minimum Gasteiger partial charge on any atom is -0.385 e. The Morgan fingerprint density at radius 2 is 1.80 bits per heavy atom. The van der Waals surface area contributed by atoms with Gasteiger partial charge in [-0.3, -0.25) is 4.79 Å². The van der Waals surface area contributed by atoms with Crippen LogP contribution in [-0.2, 0) is 0 Å². The van der Waals surface area contributed by atoms with Gasteiger partial charge in [-0.2, -0.15) is 0 Å². The van der Waals surface area contributed by atoms with Crippen molar-refractivity contribution in [2.24, 2.45) is 5.41 Å². The third kappa shape index (κ3) is 3.75. The molecule has 0 atom stereocenters. The van der Waals surface area contributed by atoms with Crippen LogP contribution in [0, 0.1) is 5.41 Å². The molecule has 1 saturated heterocycles.